The first-order chi connectivity index (χ1) is 11.4. The number of anilines is 1. The van der Waals surface area contributed by atoms with Crippen molar-refractivity contribution >= 4 is 26.7 Å². The van der Waals surface area contributed by atoms with E-state index in [2.05, 4.69) is 14.7 Å². The molecule has 0 amide bonds. The average Bonchev–Trinajstić information content (AvgIpc) is 2.55. The highest BCUT2D eigenvalue weighted by atomic mass is 32.2. The number of fused-ring (bicyclic) bond motifs is 1. The first-order valence-electron chi connectivity index (χ1n) is 6.83. The molecule has 0 aliphatic rings. The van der Waals surface area contributed by atoms with Gasteiger partial charge in [-0.15, -0.1) is 0 Å². The van der Waals surface area contributed by atoms with Gasteiger partial charge in [-0.3, -0.25) is 14.3 Å². The first-order valence-corrected chi connectivity index (χ1v) is 8.31. The van der Waals surface area contributed by atoms with Gasteiger partial charge >= 0.3 is 11.1 Å². The van der Waals surface area contributed by atoms with E-state index >= 15 is 0 Å². The Bertz CT molecular complexity index is 1130. The molecule has 0 radical (unpaired) electrons. The molecule has 1 aromatic heterocycles. The van der Waals surface area contributed by atoms with Crippen molar-refractivity contribution in [1.82, 2.24) is 9.97 Å². The summed E-state index contributed by atoms with van der Waals surface area (Å²) < 4.78 is 32.6. The summed E-state index contributed by atoms with van der Waals surface area (Å²) >= 11 is 0. The van der Waals surface area contributed by atoms with Crippen LogP contribution < -0.4 is 20.6 Å². The second kappa shape index (κ2) is 5.85. The number of aromatic nitrogens is 2. The maximum atomic E-state index is 12.5. The van der Waals surface area contributed by atoms with E-state index < -0.39 is 21.1 Å². The molecular formula is C15H13N3O5S. The molecular weight excluding hydrogens is 334 g/mol. The van der Waals surface area contributed by atoms with Crippen molar-refractivity contribution in [3.63, 3.8) is 0 Å². The van der Waals surface area contributed by atoms with Crippen LogP contribution in [0.25, 0.3) is 11.0 Å². The number of para-hydroxylation sites is 2. The van der Waals surface area contributed by atoms with Crippen LogP contribution in [-0.4, -0.2) is 25.5 Å². The van der Waals surface area contributed by atoms with Crippen LogP contribution in [0.4, 0.5) is 5.69 Å². The van der Waals surface area contributed by atoms with E-state index in [9.17, 15) is 18.0 Å². The summed E-state index contributed by atoms with van der Waals surface area (Å²) in [5.41, 5.74) is -0.826. The van der Waals surface area contributed by atoms with Gasteiger partial charge in [0.1, 0.15) is 5.75 Å². The van der Waals surface area contributed by atoms with E-state index in [0.717, 1.165) is 0 Å². The van der Waals surface area contributed by atoms with Gasteiger partial charge in [-0.2, -0.15) is 0 Å². The minimum Gasteiger partial charge on any atom is -0.495 e. The van der Waals surface area contributed by atoms with Crippen LogP contribution in [0.5, 0.6) is 5.75 Å². The predicted molar refractivity (Wildman–Crippen MR) is 89.0 cm³/mol. The molecule has 124 valence electrons. The summed E-state index contributed by atoms with van der Waals surface area (Å²) in [5.74, 6) is 0.375. The van der Waals surface area contributed by atoms with Crippen LogP contribution in [0, 0.1) is 0 Å². The standard InChI is InChI=1S/C15H13N3O5S/c1-23-13-5-3-2-4-11(13)18-24(21,22)9-6-7-10-12(8-9)17-15(20)14(19)16-10/h2-8,18H,1H3,(H,16,19)(H,17,20). The zero-order valence-electron chi connectivity index (χ0n) is 12.5. The predicted octanol–water partition coefficient (Wildman–Crippen LogP) is 1.03. The lowest BCUT2D eigenvalue weighted by Gasteiger charge is -2.12. The van der Waals surface area contributed by atoms with E-state index in [1.54, 1.807) is 24.3 Å². The topological polar surface area (TPSA) is 121 Å². The molecule has 24 heavy (non-hydrogen) atoms. The zero-order valence-corrected chi connectivity index (χ0v) is 13.3. The third-order valence-electron chi connectivity index (χ3n) is 3.36. The lowest BCUT2D eigenvalue weighted by atomic mass is 10.3. The Morgan fingerprint density at radius 2 is 1.62 bits per heavy atom. The molecule has 3 N–H and O–H groups in total. The smallest absolute Gasteiger partial charge is 0.314 e. The molecule has 0 bridgehead atoms. The summed E-state index contributed by atoms with van der Waals surface area (Å²) in [6.45, 7) is 0. The molecule has 9 heteroatoms. The van der Waals surface area contributed by atoms with Crippen molar-refractivity contribution in [1.29, 1.82) is 0 Å². The molecule has 0 fully saturated rings. The molecule has 0 unspecified atom stereocenters. The fourth-order valence-corrected chi connectivity index (χ4v) is 3.29. The molecule has 0 aliphatic carbocycles. The summed E-state index contributed by atoms with van der Waals surface area (Å²) in [7, 11) is -2.47. The lowest BCUT2D eigenvalue weighted by Crippen LogP contribution is -2.29. The van der Waals surface area contributed by atoms with Crippen LogP contribution in [0.1, 0.15) is 0 Å². The van der Waals surface area contributed by atoms with Gasteiger partial charge in [-0.1, -0.05) is 12.1 Å². The normalized spacial score (nSPS) is 11.4. The second-order valence-corrected chi connectivity index (χ2v) is 6.60. The number of sulfonamides is 1. The fourth-order valence-electron chi connectivity index (χ4n) is 2.19. The van der Waals surface area contributed by atoms with E-state index in [1.807, 2.05) is 0 Å². The second-order valence-electron chi connectivity index (χ2n) is 4.92. The maximum Gasteiger partial charge on any atom is 0.314 e. The van der Waals surface area contributed by atoms with Crippen molar-refractivity contribution in [2.24, 2.45) is 0 Å². The minimum absolute atomic E-state index is 0.0661. The van der Waals surface area contributed by atoms with Gasteiger partial charge in [-0.05, 0) is 30.3 Å². The summed E-state index contributed by atoms with van der Waals surface area (Å²) in [6.07, 6.45) is 0. The Kier molecular flexibility index (Phi) is 3.86. The van der Waals surface area contributed by atoms with Crippen LogP contribution in [-0.2, 0) is 10.0 Å². The van der Waals surface area contributed by atoms with Crippen LogP contribution >= 0.6 is 0 Å². The number of nitrogens with one attached hydrogen (secondary N) is 3. The number of rotatable bonds is 4. The number of H-pyrrole nitrogens is 2. The summed E-state index contributed by atoms with van der Waals surface area (Å²) in [4.78, 5) is 27.3. The third kappa shape index (κ3) is 2.88. The molecule has 0 atom stereocenters. The van der Waals surface area contributed by atoms with Gasteiger partial charge in [0.15, 0.2) is 0 Å². The van der Waals surface area contributed by atoms with Crippen LogP contribution in [0.15, 0.2) is 56.9 Å². The van der Waals surface area contributed by atoms with E-state index in [4.69, 9.17) is 4.74 Å². The third-order valence-corrected chi connectivity index (χ3v) is 4.72. The Morgan fingerprint density at radius 1 is 0.958 bits per heavy atom. The Morgan fingerprint density at radius 3 is 2.33 bits per heavy atom. The maximum absolute atomic E-state index is 12.5. The molecule has 0 saturated heterocycles. The minimum atomic E-state index is -3.90. The van der Waals surface area contributed by atoms with Gasteiger partial charge in [0, 0.05) is 0 Å². The highest BCUT2D eigenvalue weighted by molar-refractivity contribution is 7.92. The number of benzene rings is 2. The van der Waals surface area contributed by atoms with Gasteiger partial charge in [0.2, 0.25) is 0 Å². The van der Waals surface area contributed by atoms with Gasteiger partial charge in [0.05, 0.1) is 28.7 Å². The fraction of sp³-hybridized carbons (Fsp3) is 0.0667. The van der Waals surface area contributed by atoms with Crippen LogP contribution in [0.2, 0.25) is 0 Å². The SMILES string of the molecule is COc1ccccc1NS(=O)(=O)c1ccc2[nH]c(=O)c(=O)[nH]c2c1. The van der Waals surface area contributed by atoms with Gasteiger partial charge in [0.25, 0.3) is 10.0 Å². The molecule has 3 rings (SSSR count). The molecule has 2 aromatic carbocycles. The van der Waals surface area contributed by atoms with Crippen molar-refractivity contribution in [3.05, 3.63) is 63.2 Å². The molecule has 0 aliphatic heterocycles. The van der Waals surface area contributed by atoms with E-state index in [-0.39, 0.29) is 16.1 Å². The number of aromatic amines is 2. The van der Waals surface area contributed by atoms with Gasteiger partial charge in [-0.25, -0.2) is 8.42 Å². The highest BCUT2D eigenvalue weighted by Crippen LogP contribution is 2.26. The quantitative estimate of drug-likeness (QED) is 0.609. The van der Waals surface area contributed by atoms with Crippen molar-refractivity contribution in [3.8, 4) is 5.75 Å². The van der Waals surface area contributed by atoms with Crippen molar-refractivity contribution < 1.29 is 13.2 Å². The molecule has 0 spiro atoms. The van der Waals surface area contributed by atoms with E-state index in [0.29, 0.717) is 11.3 Å². The highest BCUT2D eigenvalue weighted by Gasteiger charge is 2.17. The average molecular weight is 347 g/mol. The van der Waals surface area contributed by atoms with E-state index in [1.165, 1.54) is 25.3 Å². The lowest BCUT2D eigenvalue weighted by molar-refractivity contribution is 0.417. The summed E-state index contributed by atoms with van der Waals surface area (Å²) in [6, 6.07) is 10.6. The molecule has 0 saturated carbocycles. The Hall–Kier alpha value is -3.07. The molecule has 3 aromatic rings. The zero-order chi connectivity index (χ0) is 17.3. The van der Waals surface area contributed by atoms with Gasteiger partial charge < -0.3 is 14.7 Å². The monoisotopic (exact) mass is 347 g/mol. The number of ether oxygens (including phenoxy) is 1. The molecule has 1 heterocycles. The van der Waals surface area contributed by atoms with Crippen molar-refractivity contribution in [2.75, 3.05) is 11.8 Å². The number of methoxy groups -OCH3 is 1. The Balaban J connectivity index is 2.06. The van der Waals surface area contributed by atoms with Crippen LogP contribution in [0.3, 0.4) is 0 Å². The largest absolute Gasteiger partial charge is 0.495 e. The number of hydrogen-bond donors (Lipinski definition) is 3. The number of hydrogen-bond acceptors (Lipinski definition) is 5. The summed E-state index contributed by atoms with van der Waals surface area (Å²) in [5, 5.41) is 0. The Labute approximate surface area is 136 Å². The van der Waals surface area contributed by atoms with Crippen molar-refractivity contribution in [2.45, 2.75) is 4.90 Å². The first kappa shape index (κ1) is 15.8. The molecule has 8 nitrogen and oxygen atoms in total.